The summed E-state index contributed by atoms with van der Waals surface area (Å²) in [7, 11) is 0. The Labute approximate surface area is 181 Å². The molecule has 0 spiro atoms. The molecule has 0 saturated heterocycles. The van der Waals surface area contributed by atoms with E-state index in [1.807, 2.05) is 61.5 Å². The average molecular weight is 418 g/mol. The maximum Gasteiger partial charge on any atom is 0.338 e. The number of carbonyl (C=O) groups excluding carboxylic acids is 1. The molecule has 0 saturated carbocycles. The van der Waals surface area contributed by atoms with Crippen LogP contribution >= 0.6 is 0 Å². The van der Waals surface area contributed by atoms with E-state index < -0.39 is 6.04 Å². The van der Waals surface area contributed by atoms with Crippen molar-refractivity contribution in [2.45, 2.75) is 39.3 Å². The number of benzene rings is 2. The molecule has 7 nitrogen and oxygen atoms in total. The van der Waals surface area contributed by atoms with Gasteiger partial charge in [0, 0.05) is 5.70 Å². The first-order valence-electron chi connectivity index (χ1n) is 10.5. The van der Waals surface area contributed by atoms with Gasteiger partial charge in [0.25, 0.3) is 0 Å². The molecular formula is C24H26N4O3. The van der Waals surface area contributed by atoms with Crippen molar-refractivity contribution >= 4 is 11.9 Å². The zero-order valence-electron chi connectivity index (χ0n) is 17.7. The van der Waals surface area contributed by atoms with Crippen molar-refractivity contribution in [3.63, 3.8) is 0 Å². The minimum Gasteiger partial charge on any atom is -0.489 e. The number of hydrogen-bond donors (Lipinski definition) is 1. The predicted octanol–water partition coefficient (Wildman–Crippen LogP) is 4.49. The maximum absolute atomic E-state index is 13.0. The highest BCUT2D eigenvalue weighted by Gasteiger charge is 2.35. The third-order valence-corrected chi connectivity index (χ3v) is 5.10. The van der Waals surface area contributed by atoms with E-state index in [0.717, 1.165) is 29.0 Å². The number of allylic oxidation sites excluding steroid dienone is 1. The molecule has 3 aromatic rings. The molecule has 1 N–H and O–H groups in total. The molecule has 4 rings (SSSR count). The highest BCUT2D eigenvalue weighted by atomic mass is 16.5. The Bertz CT molecular complexity index is 1080. The van der Waals surface area contributed by atoms with Crippen LogP contribution in [0.5, 0.6) is 5.75 Å². The number of nitrogens with one attached hydrogen (secondary N) is 1. The largest absolute Gasteiger partial charge is 0.489 e. The summed E-state index contributed by atoms with van der Waals surface area (Å²) < 4.78 is 13.1. The molecule has 2 heterocycles. The Morgan fingerprint density at radius 2 is 1.97 bits per heavy atom. The van der Waals surface area contributed by atoms with Crippen LogP contribution in [0.3, 0.4) is 0 Å². The normalized spacial score (nSPS) is 15.2. The second-order valence-electron chi connectivity index (χ2n) is 7.27. The summed E-state index contributed by atoms with van der Waals surface area (Å²) in [6.45, 7) is 4.65. The molecule has 0 unspecified atom stereocenters. The van der Waals surface area contributed by atoms with E-state index in [1.165, 1.54) is 6.33 Å². The number of anilines is 1. The second-order valence-corrected chi connectivity index (χ2v) is 7.27. The van der Waals surface area contributed by atoms with E-state index in [2.05, 4.69) is 22.3 Å². The topological polar surface area (TPSA) is 78.3 Å². The highest BCUT2D eigenvalue weighted by Crippen LogP contribution is 2.37. The van der Waals surface area contributed by atoms with Crippen molar-refractivity contribution in [1.82, 2.24) is 14.8 Å². The maximum atomic E-state index is 13.0. The van der Waals surface area contributed by atoms with Crippen LogP contribution in [-0.4, -0.2) is 27.3 Å². The number of fused-ring (bicyclic) bond motifs is 1. The molecule has 1 aliphatic heterocycles. The Morgan fingerprint density at radius 1 is 1.13 bits per heavy atom. The van der Waals surface area contributed by atoms with E-state index >= 15 is 0 Å². The lowest BCUT2D eigenvalue weighted by Gasteiger charge is -2.29. The van der Waals surface area contributed by atoms with Gasteiger partial charge in [0.15, 0.2) is 0 Å². The molecule has 160 valence electrons. The summed E-state index contributed by atoms with van der Waals surface area (Å²) >= 11 is 0. The van der Waals surface area contributed by atoms with Crippen molar-refractivity contribution in [3.05, 3.63) is 83.3 Å². The summed E-state index contributed by atoms with van der Waals surface area (Å²) in [6.07, 6.45) is 3.08. The molecule has 0 fully saturated rings. The fourth-order valence-electron chi connectivity index (χ4n) is 3.73. The molecule has 2 aromatic carbocycles. The van der Waals surface area contributed by atoms with Crippen LogP contribution in [0.25, 0.3) is 0 Å². The van der Waals surface area contributed by atoms with E-state index in [9.17, 15) is 4.79 Å². The summed E-state index contributed by atoms with van der Waals surface area (Å²) in [5.74, 6) is 0.985. The average Bonchev–Trinajstić information content (AvgIpc) is 3.26. The Morgan fingerprint density at radius 3 is 2.74 bits per heavy atom. The number of esters is 1. The van der Waals surface area contributed by atoms with Crippen molar-refractivity contribution in [3.8, 4) is 5.75 Å². The van der Waals surface area contributed by atoms with Crippen LogP contribution in [0.1, 0.15) is 43.9 Å². The van der Waals surface area contributed by atoms with Crippen LogP contribution in [0, 0.1) is 0 Å². The van der Waals surface area contributed by atoms with Crippen molar-refractivity contribution in [2.75, 3.05) is 11.9 Å². The lowest BCUT2D eigenvalue weighted by Crippen LogP contribution is -2.30. The predicted molar refractivity (Wildman–Crippen MR) is 118 cm³/mol. The smallest absolute Gasteiger partial charge is 0.338 e. The molecule has 1 aliphatic rings. The van der Waals surface area contributed by atoms with Gasteiger partial charge in [0.05, 0.1) is 12.2 Å². The molecule has 0 radical (unpaired) electrons. The summed E-state index contributed by atoms with van der Waals surface area (Å²) in [4.78, 5) is 17.3. The Balaban J connectivity index is 1.71. The fraction of sp³-hybridized carbons (Fsp3) is 0.292. The van der Waals surface area contributed by atoms with Gasteiger partial charge in [-0.3, -0.25) is 0 Å². The van der Waals surface area contributed by atoms with Gasteiger partial charge in [0.1, 0.15) is 24.7 Å². The van der Waals surface area contributed by atoms with Gasteiger partial charge in [-0.15, -0.1) is 0 Å². The number of aromatic nitrogens is 3. The molecule has 31 heavy (non-hydrogen) atoms. The van der Waals surface area contributed by atoms with Crippen molar-refractivity contribution in [2.24, 2.45) is 0 Å². The second kappa shape index (κ2) is 9.47. The van der Waals surface area contributed by atoms with Crippen LogP contribution in [0.15, 0.2) is 72.2 Å². The first kappa shape index (κ1) is 20.7. The first-order chi connectivity index (χ1) is 15.2. The van der Waals surface area contributed by atoms with Gasteiger partial charge in [-0.25, -0.2) is 9.48 Å². The van der Waals surface area contributed by atoms with Crippen LogP contribution < -0.4 is 10.1 Å². The van der Waals surface area contributed by atoms with Gasteiger partial charge in [-0.05, 0) is 36.6 Å². The number of nitrogens with zero attached hydrogens (tertiary/aromatic N) is 3. The van der Waals surface area contributed by atoms with Crippen molar-refractivity contribution in [1.29, 1.82) is 0 Å². The molecule has 0 bridgehead atoms. The Kier molecular flexibility index (Phi) is 6.31. The number of rotatable bonds is 8. The standard InChI is InChI=1S/C24H26N4O3/c1-3-9-20-21(23(29)30-4-2)22(28-24(27-20)25-16-26-28)18-12-8-13-19(14-18)31-15-17-10-6-5-7-11-17/h5-8,10-14,16,22H,3-4,9,15H2,1-2H3,(H,25,26,27)/t22-/m0/s1. The lowest BCUT2D eigenvalue weighted by molar-refractivity contribution is -0.139. The SMILES string of the molecule is CCCC1=C(C(=O)OCC)[C@H](c2cccc(OCc3ccccc3)c2)n2ncnc2N1. The summed E-state index contributed by atoms with van der Waals surface area (Å²) in [5, 5.41) is 7.65. The molecule has 0 amide bonds. The van der Waals surface area contributed by atoms with Gasteiger partial charge < -0.3 is 14.8 Å². The van der Waals surface area contributed by atoms with Crippen LogP contribution in [0.2, 0.25) is 0 Å². The highest BCUT2D eigenvalue weighted by molar-refractivity contribution is 5.92. The monoisotopic (exact) mass is 418 g/mol. The van der Waals surface area contributed by atoms with Gasteiger partial charge >= 0.3 is 5.97 Å². The fourth-order valence-corrected chi connectivity index (χ4v) is 3.73. The minimum atomic E-state index is -0.445. The zero-order valence-corrected chi connectivity index (χ0v) is 17.7. The number of hydrogen-bond acceptors (Lipinski definition) is 6. The minimum absolute atomic E-state index is 0.304. The lowest BCUT2D eigenvalue weighted by atomic mass is 9.94. The summed E-state index contributed by atoms with van der Waals surface area (Å²) in [6, 6.07) is 17.3. The van der Waals surface area contributed by atoms with E-state index in [4.69, 9.17) is 9.47 Å². The van der Waals surface area contributed by atoms with Crippen LogP contribution in [0.4, 0.5) is 5.95 Å². The Hall–Kier alpha value is -3.61. The van der Waals surface area contributed by atoms with E-state index in [1.54, 1.807) is 4.68 Å². The number of carbonyl (C=O) groups is 1. The van der Waals surface area contributed by atoms with Gasteiger partial charge in [0.2, 0.25) is 5.95 Å². The molecular weight excluding hydrogens is 392 g/mol. The van der Waals surface area contributed by atoms with E-state index in [-0.39, 0.29) is 5.97 Å². The third-order valence-electron chi connectivity index (χ3n) is 5.10. The molecule has 1 aromatic heterocycles. The molecule has 0 aliphatic carbocycles. The quantitative estimate of drug-likeness (QED) is 0.543. The first-order valence-corrected chi connectivity index (χ1v) is 10.5. The summed E-state index contributed by atoms with van der Waals surface area (Å²) in [5.41, 5.74) is 3.35. The number of ether oxygens (including phenoxy) is 2. The van der Waals surface area contributed by atoms with Gasteiger partial charge in [-0.2, -0.15) is 10.1 Å². The molecule has 1 atom stereocenters. The zero-order chi connectivity index (χ0) is 21.6. The van der Waals surface area contributed by atoms with E-state index in [0.29, 0.717) is 31.2 Å². The van der Waals surface area contributed by atoms with Gasteiger partial charge in [-0.1, -0.05) is 55.8 Å². The van der Waals surface area contributed by atoms with Crippen LogP contribution in [-0.2, 0) is 16.1 Å². The molecule has 7 heteroatoms. The van der Waals surface area contributed by atoms with Crippen molar-refractivity contribution < 1.29 is 14.3 Å². The third kappa shape index (κ3) is 4.45.